The first kappa shape index (κ1) is 38.3. The summed E-state index contributed by atoms with van der Waals surface area (Å²) < 4.78 is -0.108. The average molecular weight is 699 g/mol. The van der Waals surface area contributed by atoms with E-state index < -0.39 is 59.6 Å². The zero-order valence-electron chi connectivity index (χ0n) is 28.4. The molecule has 0 aliphatic rings. The molecule has 0 fully saturated rings. The summed E-state index contributed by atoms with van der Waals surface area (Å²) in [5, 5.41) is 11.7. The highest BCUT2D eigenvalue weighted by Gasteiger charge is 2.33. The lowest BCUT2D eigenvalue weighted by molar-refractivity contribution is -0.134. The normalized spacial score (nSPS) is 14.1. The number of hydrogen-bond donors (Lipinski definition) is 6. The molecule has 1 unspecified atom stereocenters. The van der Waals surface area contributed by atoms with Crippen LogP contribution in [0.5, 0.6) is 0 Å². The van der Waals surface area contributed by atoms with Crippen LogP contribution in [-0.2, 0) is 32.0 Å². The van der Waals surface area contributed by atoms with Gasteiger partial charge in [0.1, 0.15) is 24.2 Å². The van der Waals surface area contributed by atoms with E-state index in [2.05, 4.69) is 36.2 Å². The van der Waals surface area contributed by atoms with Crippen LogP contribution in [0, 0.1) is 5.92 Å². The maximum atomic E-state index is 13.9. The van der Waals surface area contributed by atoms with E-state index in [1.807, 2.05) is 52.0 Å². The molecule has 5 amide bonds. The summed E-state index contributed by atoms with van der Waals surface area (Å²) in [6.45, 7) is 13.0. The lowest BCUT2D eigenvalue weighted by atomic mass is 10.0. The second kappa shape index (κ2) is 17.3. The number of amides is 5. The summed E-state index contributed by atoms with van der Waals surface area (Å²) in [5.41, 5.74) is 7.57. The summed E-state index contributed by atoms with van der Waals surface area (Å²) in [6, 6.07) is 5.12. The number of nitrogens with one attached hydrogen (secondary N) is 5. The fourth-order valence-electron chi connectivity index (χ4n) is 4.58. The van der Waals surface area contributed by atoms with Crippen LogP contribution in [0.25, 0.3) is 10.9 Å². The van der Waals surface area contributed by atoms with Crippen molar-refractivity contribution in [3.8, 4) is 0 Å². The first-order chi connectivity index (χ1) is 22.6. The van der Waals surface area contributed by atoms with E-state index in [-0.39, 0.29) is 16.9 Å². The molecule has 0 spiro atoms. The number of fused-ring (bicyclic) bond motifs is 1. The Hall–Kier alpha value is -4.11. The molecule has 2 aromatic heterocycles. The van der Waals surface area contributed by atoms with Crippen LogP contribution in [-0.4, -0.2) is 79.2 Å². The third-order valence-corrected chi connectivity index (χ3v) is 10.5. The molecule has 3 rings (SSSR count). The Morgan fingerprint density at radius 1 is 0.938 bits per heavy atom. The zero-order chi connectivity index (χ0) is 35.6. The van der Waals surface area contributed by atoms with Crippen molar-refractivity contribution in [2.24, 2.45) is 11.7 Å². The van der Waals surface area contributed by atoms with E-state index >= 15 is 0 Å². The number of rotatable bonds is 16. The molecule has 0 saturated carbocycles. The van der Waals surface area contributed by atoms with E-state index in [1.165, 1.54) is 24.0 Å². The standard InChI is InChI=1S/C33H46N8O5S2/c1-8-23-22(13-20-11-9-10-12-24(20)38-23)29(43)40-26(16-47-48-33(5,6)7)31(45)41-27(18(2)3)32(46)39-25(14-21-15-35-17-36-21)30(44)37-19(4)28(34)42/h9-13,15,17-19,25-27H,8,14,16H2,1-7H3,(H2,34,42)(H,35,36)(H,37,44)(H,39,46)(H,40,43)(H,41,45)/t19?,25-,26-,27-/m0/s1. The van der Waals surface area contributed by atoms with E-state index in [0.29, 0.717) is 23.4 Å². The fraction of sp³-hybridized carbons (Fsp3) is 0.485. The topological polar surface area (TPSA) is 201 Å². The van der Waals surface area contributed by atoms with Crippen molar-refractivity contribution < 1.29 is 24.0 Å². The van der Waals surface area contributed by atoms with Crippen LogP contribution in [0.4, 0.5) is 0 Å². The molecule has 0 radical (unpaired) electrons. The van der Waals surface area contributed by atoms with E-state index in [4.69, 9.17) is 5.73 Å². The number of benzene rings is 1. The molecule has 0 aliphatic heterocycles. The van der Waals surface area contributed by atoms with Crippen molar-refractivity contribution in [3.63, 3.8) is 0 Å². The summed E-state index contributed by atoms with van der Waals surface area (Å²) >= 11 is 0. The number of primary amides is 1. The Bertz CT molecular complexity index is 1590. The molecule has 0 saturated heterocycles. The highest BCUT2D eigenvalue weighted by molar-refractivity contribution is 8.77. The van der Waals surface area contributed by atoms with E-state index in [9.17, 15) is 24.0 Å². The smallest absolute Gasteiger partial charge is 0.253 e. The van der Waals surface area contributed by atoms with Gasteiger partial charge in [-0.2, -0.15) is 0 Å². The third kappa shape index (κ3) is 11.3. The first-order valence-corrected chi connectivity index (χ1v) is 18.1. The minimum Gasteiger partial charge on any atom is -0.368 e. The molecule has 13 nitrogen and oxygen atoms in total. The molecule has 0 aliphatic carbocycles. The number of carbonyl (C=O) groups is 5. The predicted molar refractivity (Wildman–Crippen MR) is 190 cm³/mol. The maximum absolute atomic E-state index is 13.9. The Balaban J connectivity index is 1.84. The van der Waals surface area contributed by atoms with Gasteiger partial charge < -0.3 is 32.0 Å². The number of para-hydroxylation sites is 1. The third-order valence-electron chi connectivity index (χ3n) is 7.18. The van der Waals surface area contributed by atoms with Crippen LogP contribution in [0.2, 0.25) is 0 Å². The van der Waals surface area contributed by atoms with Crippen LogP contribution >= 0.6 is 21.6 Å². The molecule has 3 aromatic rings. The molecule has 15 heteroatoms. The number of H-pyrrole nitrogens is 1. The molecule has 1 aromatic carbocycles. The lowest BCUT2D eigenvalue weighted by Crippen LogP contribution is -2.59. The van der Waals surface area contributed by atoms with Gasteiger partial charge in [0, 0.05) is 28.5 Å². The van der Waals surface area contributed by atoms with Gasteiger partial charge in [-0.25, -0.2) is 4.98 Å². The first-order valence-electron chi connectivity index (χ1n) is 15.8. The van der Waals surface area contributed by atoms with E-state index in [1.54, 1.807) is 36.9 Å². The Morgan fingerprint density at radius 3 is 2.23 bits per heavy atom. The Kier molecular flexibility index (Phi) is 13.8. The molecule has 2 heterocycles. The number of aromatic amines is 1. The monoisotopic (exact) mass is 698 g/mol. The minimum atomic E-state index is -1.12. The van der Waals surface area contributed by atoms with Crippen LogP contribution in [0.3, 0.4) is 0 Å². The van der Waals surface area contributed by atoms with Gasteiger partial charge in [-0.3, -0.25) is 29.0 Å². The number of nitrogens with two attached hydrogens (primary N) is 1. The number of nitrogens with zero attached hydrogens (tertiary/aromatic N) is 2. The molecular formula is C33H46N8O5S2. The van der Waals surface area contributed by atoms with Gasteiger partial charge in [0.05, 0.1) is 28.8 Å². The molecule has 4 atom stereocenters. The quantitative estimate of drug-likeness (QED) is 0.122. The number of aryl methyl sites for hydroxylation is 1. The SMILES string of the molecule is CCc1nc2ccccc2cc1C(=O)N[C@@H](CSSC(C)(C)C)C(=O)N[C@H](C(=O)N[C@@H](Cc1c[nH]cn1)C(=O)NC(C)C(N)=O)C(C)C. The number of hydrogen-bond acceptors (Lipinski definition) is 9. The summed E-state index contributed by atoms with van der Waals surface area (Å²) in [5.74, 6) is -3.15. The van der Waals surface area contributed by atoms with Gasteiger partial charge in [-0.05, 0) is 31.4 Å². The summed E-state index contributed by atoms with van der Waals surface area (Å²) in [7, 11) is 3.01. The van der Waals surface area contributed by atoms with Crippen molar-refractivity contribution in [3.05, 3.63) is 59.8 Å². The maximum Gasteiger partial charge on any atom is 0.253 e. The second-order valence-electron chi connectivity index (χ2n) is 12.7. The number of carbonyl (C=O) groups excluding carboxylic acids is 5. The van der Waals surface area contributed by atoms with Gasteiger partial charge in [0.2, 0.25) is 23.6 Å². The summed E-state index contributed by atoms with van der Waals surface area (Å²) in [4.78, 5) is 77.5. The average Bonchev–Trinajstić information content (AvgIpc) is 3.54. The molecule has 260 valence electrons. The van der Waals surface area contributed by atoms with E-state index in [0.717, 1.165) is 10.9 Å². The fourth-order valence-corrected chi connectivity index (χ4v) is 7.04. The molecular weight excluding hydrogens is 653 g/mol. The second-order valence-corrected chi connectivity index (χ2v) is 15.9. The molecule has 0 bridgehead atoms. The van der Waals surface area contributed by atoms with Crippen LogP contribution in [0.1, 0.15) is 70.2 Å². The molecule has 7 N–H and O–H groups in total. The number of aromatic nitrogens is 3. The number of pyridine rings is 1. The predicted octanol–water partition coefficient (Wildman–Crippen LogP) is 2.66. The zero-order valence-corrected chi connectivity index (χ0v) is 30.0. The van der Waals surface area contributed by atoms with Crippen molar-refractivity contribution in [1.29, 1.82) is 0 Å². The highest BCUT2D eigenvalue weighted by atomic mass is 33.1. The van der Waals surface area contributed by atoms with Gasteiger partial charge in [0.15, 0.2) is 0 Å². The van der Waals surface area contributed by atoms with Gasteiger partial charge in [-0.15, -0.1) is 0 Å². The van der Waals surface area contributed by atoms with Crippen molar-refractivity contribution in [2.75, 3.05) is 5.75 Å². The van der Waals surface area contributed by atoms with Gasteiger partial charge >= 0.3 is 0 Å². The lowest BCUT2D eigenvalue weighted by Gasteiger charge is -2.28. The Labute approximate surface area is 288 Å². The largest absolute Gasteiger partial charge is 0.368 e. The van der Waals surface area contributed by atoms with Crippen molar-refractivity contribution in [1.82, 2.24) is 36.2 Å². The Morgan fingerprint density at radius 2 is 1.62 bits per heavy atom. The number of imidazole rings is 1. The molecule has 48 heavy (non-hydrogen) atoms. The van der Waals surface area contributed by atoms with Crippen LogP contribution in [0.15, 0.2) is 42.9 Å². The highest BCUT2D eigenvalue weighted by Crippen LogP contribution is 2.35. The van der Waals surface area contributed by atoms with Gasteiger partial charge in [0.25, 0.3) is 5.91 Å². The van der Waals surface area contributed by atoms with Crippen LogP contribution < -0.4 is 27.0 Å². The minimum absolute atomic E-state index is 0.0181. The summed E-state index contributed by atoms with van der Waals surface area (Å²) in [6.07, 6.45) is 3.56. The van der Waals surface area contributed by atoms with Gasteiger partial charge in [-0.1, -0.05) is 81.3 Å². The van der Waals surface area contributed by atoms with Crippen molar-refractivity contribution >= 4 is 62.0 Å². The van der Waals surface area contributed by atoms with Crippen molar-refractivity contribution in [2.45, 2.75) is 90.2 Å².